The number of aromatic nitrogens is 4. The van der Waals surface area contributed by atoms with E-state index >= 15 is 0 Å². The third-order valence-corrected chi connectivity index (χ3v) is 4.43. The van der Waals surface area contributed by atoms with Gasteiger partial charge in [-0.1, -0.05) is 0 Å². The maximum absolute atomic E-state index is 5.64. The second-order valence-electron chi connectivity index (χ2n) is 5.83. The van der Waals surface area contributed by atoms with Crippen LogP contribution >= 0.6 is 11.5 Å². The smallest absolute Gasteiger partial charge is 0.234 e. The lowest BCUT2D eigenvalue weighted by atomic mass is 10.4. The van der Waals surface area contributed by atoms with Gasteiger partial charge < -0.3 is 14.5 Å². The van der Waals surface area contributed by atoms with Crippen molar-refractivity contribution in [3.63, 3.8) is 0 Å². The van der Waals surface area contributed by atoms with Crippen LogP contribution in [-0.4, -0.2) is 51.6 Å². The van der Waals surface area contributed by atoms with Crippen LogP contribution in [0.5, 0.6) is 5.88 Å². The van der Waals surface area contributed by atoms with Crippen molar-refractivity contribution in [3.05, 3.63) is 18.2 Å². The summed E-state index contributed by atoms with van der Waals surface area (Å²) in [7, 11) is 0. The number of anilines is 2. The SMILES string of the molecule is Cc1nsc(N2CCCN(c3cncc(OC(C)C)n3)CC2)n1. The fourth-order valence-corrected chi connectivity index (χ4v) is 3.27. The van der Waals surface area contributed by atoms with Crippen molar-refractivity contribution in [2.45, 2.75) is 33.3 Å². The Morgan fingerprint density at radius 1 is 1.09 bits per heavy atom. The maximum atomic E-state index is 5.64. The minimum Gasteiger partial charge on any atom is -0.474 e. The molecule has 1 saturated heterocycles. The highest BCUT2D eigenvalue weighted by atomic mass is 32.1. The highest BCUT2D eigenvalue weighted by molar-refractivity contribution is 7.09. The molecule has 3 rings (SSSR count). The van der Waals surface area contributed by atoms with Crippen LogP contribution in [0.3, 0.4) is 0 Å². The van der Waals surface area contributed by atoms with Crippen LogP contribution < -0.4 is 14.5 Å². The number of nitrogens with zero attached hydrogens (tertiary/aromatic N) is 6. The summed E-state index contributed by atoms with van der Waals surface area (Å²) in [5.74, 6) is 2.30. The minimum absolute atomic E-state index is 0.0971. The Labute approximate surface area is 140 Å². The van der Waals surface area contributed by atoms with E-state index in [4.69, 9.17) is 4.74 Å². The van der Waals surface area contributed by atoms with Crippen molar-refractivity contribution in [3.8, 4) is 5.88 Å². The fourth-order valence-electron chi connectivity index (χ4n) is 2.54. The van der Waals surface area contributed by atoms with E-state index in [1.807, 2.05) is 20.8 Å². The van der Waals surface area contributed by atoms with Crippen LogP contribution in [0.4, 0.5) is 10.9 Å². The number of hydrogen-bond acceptors (Lipinski definition) is 8. The third-order valence-electron chi connectivity index (χ3n) is 3.56. The van der Waals surface area contributed by atoms with E-state index in [2.05, 4.69) is 29.1 Å². The first-order valence-corrected chi connectivity index (χ1v) is 8.68. The molecule has 1 aliphatic rings. The zero-order chi connectivity index (χ0) is 16.2. The first-order chi connectivity index (χ1) is 11.1. The van der Waals surface area contributed by atoms with E-state index in [0.29, 0.717) is 5.88 Å². The van der Waals surface area contributed by atoms with E-state index in [1.54, 1.807) is 12.4 Å². The lowest BCUT2D eigenvalue weighted by Crippen LogP contribution is -2.31. The largest absolute Gasteiger partial charge is 0.474 e. The fraction of sp³-hybridized carbons (Fsp3) is 0.600. The molecule has 124 valence electrons. The van der Waals surface area contributed by atoms with Crippen molar-refractivity contribution < 1.29 is 4.74 Å². The van der Waals surface area contributed by atoms with Crippen molar-refractivity contribution >= 4 is 22.5 Å². The molecule has 23 heavy (non-hydrogen) atoms. The molecule has 0 unspecified atom stereocenters. The molecule has 0 bridgehead atoms. The summed E-state index contributed by atoms with van der Waals surface area (Å²) in [6, 6.07) is 0. The first kappa shape index (κ1) is 15.9. The number of rotatable bonds is 4. The minimum atomic E-state index is 0.0971. The monoisotopic (exact) mass is 334 g/mol. The molecule has 2 aromatic heterocycles. The molecule has 1 aliphatic heterocycles. The van der Waals surface area contributed by atoms with Gasteiger partial charge in [-0.3, -0.25) is 4.98 Å². The van der Waals surface area contributed by atoms with E-state index in [1.165, 1.54) is 11.5 Å². The highest BCUT2D eigenvalue weighted by Crippen LogP contribution is 2.21. The predicted octanol–water partition coefficient (Wildman–Crippen LogP) is 2.14. The van der Waals surface area contributed by atoms with Crippen molar-refractivity contribution in [1.82, 2.24) is 19.3 Å². The zero-order valence-electron chi connectivity index (χ0n) is 13.8. The summed E-state index contributed by atoms with van der Waals surface area (Å²) in [4.78, 5) is 17.9. The van der Waals surface area contributed by atoms with Gasteiger partial charge in [0.1, 0.15) is 5.82 Å². The van der Waals surface area contributed by atoms with Gasteiger partial charge >= 0.3 is 0 Å². The van der Waals surface area contributed by atoms with Crippen LogP contribution in [0, 0.1) is 6.92 Å². The van der Waals surface area contributed by atoms with Gasteiger partial charge in [0.25, 0.3) is 0 Å². The molecule has 8 heteroatoms. The number of hydrogen-bond donors (Lipinski definition) is 0. The molecular weight excluding hydrogens is 312 g/mol. The second-order valence-corrected chi connectivity index (χ2v) is 6.56. The Morgan fingerprint density at radius 3 is 2.61 bits per heavy atom. The average molecular weight is 334 g/mol. The average Bonchev–Trinajstić information content (AvgIpc) is 2.81. The Morgan fingerprint density at radius 2 is 1.87 bits per heavy atom. The van der Waals surface area contributed by atoms with Gasteiger partial charge in [0.15, 0.2) is 5.82 Å². The summed E-state index contributed by atoms with van der Waals surface area (Å²) in [6.45, 7) is 9.64. The molecule has 0 atom stereocenters. The summed E-state index contributed by atoms with van der Waals surface area (Å²) < 4.78 is 9.92. The Balaban J connectivity index is 1.68. The molecule has 0 saturated carbocycles. The van der Waals surface area contributed by atoms with Crippen LogP contribution in [0.25, 0.3) is 0 Å². The van der Waals surface area contributed by atoms with E-state index < -0.39 is 0 Å². The highest BCUT2D eigenvalue weighted by Gasteiger charge is 2.19. The lowest BCUT2D eigenvalue weighted by molar-refractivity contribution is 0.231. The second kappa shape index (κ2) is 7.08. The third kappa shape index (κ3) is 4.07. The van der Waals surface area contributed by atoms with Crippen molar-refractivity contribution in [2.75, 3.05) is 36.0 Å². The topological polar surface area (TPSA) is 67.3 Å². The summed E-state index contributed by atoms with van der Waals surface area (Å²) in [6.07, 6.45) is 4.62. The summed E-state index contributed by atoms with van der Waals surface area (Å²) in [5.41, 5.74) is 0. The molecule has 0 aliphatic carbocycles. The Kier molecular flexibility index (Phi) is 4.90. The van der Waals surface area contributed by atoms with Crippen molar-refractivity contribution in [1.29, 1.82) is 0 Å². The molecule has 0 radical (unpaired) electrons. The molecule has 0 spiro atoms. The van der Waals surface area contributed by atoms with Gasteiger partial charge in [-0.2, -0.15) is 9.36 Å². The van der Waals surface area contributed by atoms with Gasteiger partial charge in [0, 0.05) is 37.7 Å². The molecule has 0 N–H and O–H groups in total. The quantitative estimate of drug-likeness (QED) is 0.848. The van der Waals surface area contributed by atoms with Gasteiger partial charge in [0.2, 0.25) is 11.0 Å². The summed E-state index contributed by atoms with van der Waals surface area (Å²) in [5, 5.41) is 1.01. The van der Waals surface area contributed by atoms with Gasteiger partial charge in [0.05, 0.1) is 18.5 Å². The lowest BCUT2D eigenvalue weighted by Gasteiger charge is -2.22. The molecule has 0 amide bonds. The zero-order valence-corrected chi connectivity index (χ0v) is 14.6. The number of ether oxygens (including phenoxy) is 1. The maximum Gasteiger partial charge on any atom is 0.234 e. The standard InChI is InChI=1S/C15H22N6OS/c1-11(2)22-14-10-16-9-13(18-14)20-5-4-6-21(8-7-20)15-17-12(3)19-23-15/h9-11H,4-8H2,1-3H3. The Hall–Kier alpha value is -1.96. The van der Waals surface area contributed by atoms with E-state index in [9.17, 15) is 0 Å². The van der Waals surface area contributed by atoms with Crippen molar-refractivity contribution in [2.24, 2.45) is 0 Å². The molecular formula is C15H22N6OS. The van der Waals surface area contributed by atoms with Crippen LogP contribution in [-0.2, 0) is 0 Å². The predicted molar refractivity (Wildman–Crippen MR) is 91.5 cm³/mol. The molecule has 1 fully saturated rings. The normalized spacial score (nSPS) is 15.8. The molecule has 2 aromatic rings. The van der Waals surface area contributed by atoms with Gasteiger partial charge in [-0.15, -0.1) is 0 Å². The molecule has 3 heterocycles. The van der Waals surface area contributed by atoms with Crippen LogP contribution in [0.2, 0.25) is 0 Å². The Bertz CT molecular complexity index is 646. The van der Waals surface area contributed by atoms with E-state index in [-0.39, 0.29) is 6.10 Å². The molecule has 0 aromatic carbocycles. The van der Waals surface area contributed by atoms with Gasteiger partial charge in [-0.05, 0) is 27.2 Å². The van der Waals surface area contributed by atoms with Gasteiger partial charge in [-0.25, -0.2) is 4.98 Å². The summed E-state index contributed by atoms with van der Waals surface area (Å²) >= 11 is 1.47. The first-order valence-electron chi connectivity index (χ1n) is 7.91. The van der Waals surface area contributed by atoms with Crippen LogP contribution in [0.15, 0.2) is 12.4 Å². The molecule has 7 nitrogen and oxygen atoms in total. The van der Waals surface area contributed by atoms with Crippen LogP contribution in [0.1, 0.15) is 26.1 Å². The van der Waals surface area contributed by atoms with E-state index in [0.717, 1.165) is 49.4 Å². The number of aryl methyl sites for hydroxylation is 1.